The van der Waals surface area contributed by atoms with Gasteiger partial charge in [0.15, 0.2) is 0 Å². The molecule has 5 heteroatoms. The van der Waals surface area contributed by atoms with Crippen LogP contribution in [0.25, 0.3) is 11.3 Å². The number of rotatable bonds is 2. The lowest BCUT2D eigenvalue weighted by atomic mass is 10.1. The number of hydrogen-bond acceptors (Lipinski definition) is 3. The van der Waals surface area contributed by atoms with E-state index in [4.69, 9.17) is 23.2 Å². The smallest absolute Gasteiger partial charge is 0.223 e. The molecule has 0 aliphatic rings. The van der Waals surface area contributed by atoms with Crippen molar-refractivity contribution in [1.82, 2.24) is 9.97 Å². The molecule has 0 aliphatic carbocycles. The number of nitrogens with one attached hydrogen (secondary N) is 1. The molecule has 0 bridgehead atoms. The highest BCUT2D eigenvalue weighted by Gasteiger charge is 2.05. The molecule has 0 atom stereocenters. The summed E-state index contributed by atoms with van der Waals surface area (Å²) in [5.41, 5.74) is 2.56. The van der Waals surface area contributed by atoms with Gasteiger partial charge in [0.25, 0.3) is 0 Å². The van der Waals surface area contributed by atoms with E-state index in [0.29, 0.717) is 16.0 Å². The number of halogens is 2. The van der Waals surface area contributed by atoms with Crippen LogP contribution in [0, 0.1) is 6.92 Å². The zero-order valence-corrected chi connectivity index (χ0v) is 11.0. The van der Waals surface area contributed by atoms with Gasteiger partial charge in [-0.15, -0.1) is 0 Å². The molecule has 0 spiro atoms. The molecule has 0 saturated carbocycles. The molecule has 17 heavy (non-hydrogen) atoms. The molecule has 1 heterocycles. The van der Waals surface area contributed by atoms with E-state index in [1.807, 2.05) is 25.1 Å². The van der Waals surface area contributed by atoms with Crippen molar-refractivity contribution in [2.75, 3.05) is 12.4 Å². The second-order valence-electron chi connectivity index (χ2n) is 3.63. The van der Waals surface area contributed by atoms with Gasteiger partial charge in [0.1, 0.15) is 0 Å². The summed E-state index contributed by atoms with van der Waals surface area (Å²) >= 11 is 11.9. The second kappa shape index (κ2) is 4.90. The minimum atomic E-state index is 0.580. The predicted molar refractivity (Wildman–Crippen MR) is 71.8 cm³/mol. The quantitative estimate of drug-likeness (QED) is 0.900. The molecular weight excluding hydrogens is 257 g/mol. The van der Waals surface area contributed by atoms with Gasteiger partial charge in [-0.05, 0) is 31.2 Å². The van der Waals surface area contributed by atoms with Gasteiger partial charge >= 0.3 is 0 Å². The van der Waals surface area contributed by atoms with Gasteiger partial charge in [0.05, 0.1) is 5.69 Å². The lowest BCUT2D eigenvalue weighted by Crippen LogP contribution is -1.99. The molecule has 3 nitrogen and oxygen atoms in total. The van der Waals surface area contributed by atoms with Crippen LogP contribution in [0.3, 0.4) is 0 Å². The fourth-order valence-electron chi connectivity index (χ4n) is 1.53. The van der Waals surface area contributed by atoms with Crippen LogP contribution in [0.4, 0.5) is 5.95 Å². The average Bonchev–Trinajstić information content (AvgIpc) is 2.26. The molecule has 0 unspecified atom stereocenters. The minimum absolute atomic E-state index is 0.580. The molecule has 0 saturated heterocycles. The van der Waals surface area contributed by atoms with Gasteiger partial charge in [-0.3, -0.25) is 0 Å². The van der Waals surface area contributed by atoms with Gasteiger partial charge in [-0.1, -0.05) is 23.2 Å². The summed E-state index contributed by atoms with van der Waals surface area (Å²) in [5.74, 6) is 0.580. The first-order valence-corrected chi connectivity index (χ1v) is 5.84. The highest BCUT2D eigenvalue weighted by atomic mass is 35.5. The molecule has 1 N–H and O–H groups in total. The highest BCUT2D eigenvalue weighted by molar-refractivity contribution is 6.35. The van der Waals surface area contributed by atoms with Crippen LogP contribution in [-0.4, -0.2) is 17.0 Å². The molecule has 2 aromatic rings. The van der Waals surface area contributed by atoms with Crippen molar-refractivity contribution in [3.63, 3.8) is 0 Å². The van der Waals surface area contributed by atoms with E-state index < -0.39 is 0 Å². The zero-order valence-electron chi connectivity index (χ0n) is 9.46. The third kappa shape index (κ3) is 2.87. The van der Waals surface area contributed by atoms with Gasteiger partial charge in [0.2, 0.25) is 5.95 Å². The van der Waals surface area contributed by atoms with E-state index in [1.54, 1.807) is 13.1 Å². The van der Waals surface area contributed by atoms with Gasteiger partial charge in [-0.25, -0.2) is 9.97 Å². The van der Waals surface area contributed by atoms with E-state index >= 15 is 0 Å². The third-order valence-corrected chi connectivity index (χ3v) is 2.67. The van der Waals surface area contributed by atoms with Crippen molar-refractivity contribution in [3.05, 3.63) is 40.0 Å². The molecule has 88 valence electrons. The van der Waals surface area contributed by atoms with Gasteiger partial charge in [-0.2, -0.15) is 0 Å². The lowest BCUT2D eigenvalue weighted by Gasteiger charge is -2.06. The van der Waals surface area contributed by atoms with Gasteiger partial charge < -0.3 is 5.32 Å². The molecule has 0 amide bonds. The van der Waals surface area contributed by atoms with Crippen molar-refractivity contribution < 1.29 is 0 Å². The molecule has 1 aromatic heterocycles. The summed E-state index contributed by atoms with van der Waals surface area (Å²) in [6.45, 7) is 1.91. The van der Waals surface area contributed by atoms with Crippen LogP contribution >= 0.6 is 23.2 Å². The highest BCUT2D eigenvalue weighted by Crippen LogP contribution is 2.26. The second-order valence-corrected chi connectivity index (χ2v) is 4.50. The Hall–Kier alpha value is -1.32. The standard InChI is InChI=1S/C12H11Cl2N3/c1-7-3-11(17-12(15-2)16-7)8-4-9(13)6-10(14)5-8/h3-6H,1-2H3,(H,15,16,17). The molecular formula is C12H11Cl2N3. The first-order chi connectivity index (χ1) is 8.08. The van der Waals surface area contributed by atoms with Crippen LogP contribution in [0.5, 0.6) is 0 Å². The van der Waals surface area contributed by atoms with Crippen LogP contribution in [0.15, 0.2) is 24.3 Å². The maximum atomic E-state index is 5.97. The third-order valence-electron chi connectivity index (χ3n) is 2.24. The largest absolute Gasteiger partial charge is 0.357 e. The number of anilines is 1. The van der Waals surface area contributed by atoms with Gasteiger partial charge in [0, 0.05) is 28.4 Å². The van der Waals surface area contributed by atoms with E-state index in [9.17, 15) is 0 Å². The lowest BCUT2D eigenvalue weighted by molar-refractivity contribution is 1.10. The summed E-state index contributed by atoms with van der Waals surface area (Å²) in [5, 5.41) is 4.10. The van der Waals surface area contributed by atoms with Crippen LogP contribution < -0.4 is 5.32 Å². The van der Waals surface area contributed by atoms with Crippen LogP contribution in [0.2, 0.25) is 10.0 Å². The molecule has 0 aliphatic heterocycles. The summed E-state index contributed by atoms with van der Waals surface area (Å²) in [6, 6.07) is 7.24. The number of benzene rings is 1. The molecule has 0 radical (unpaired) electrons. The molecule has 0 fully saturated rings. The molecule has 1 aromatic carbocycles. The SMILES string of the molecule is CNc1nc(C)cc(-c2cc(Cl)cc(Cl)c2)n1. The number of aromatic nitrogens is 2. The van der Waals surface area contributed by atoms with Crippen molar-refractivity contribution in [1.29, 1.82) is 0 Å². The number of aryl methyl sites for hydroxylation is 1. The van der Waals surface area contributed by atoms with Crippen LogP contribution in [0.1, 0.15) is 5.69 Å². The maximum absolute atomic E-state index is 5.97. The Bertz CT molecular complexity index is 535. The Labute approximate surface area is 110 Å². The fraction of sp³-hybridized carbons (Fsp3) is 0.167. The minimum Gasteiger partial charge on any atom is -0.357 e. The summed E-state index contributed by atoms with van der Waals surface area (Å²) in [6.07, 6.45) is 0. The summed E-state index contributed by atoms with van der Waals surface area (Å²) in [7, 11) is 1.78. The Morgan fingerprint density at radius 1 is 1.00 bits per heavy atom. The van der Waals surface area contributed by atoms with E-state index in [2.05, 4.69) is 15.3 Å². The van der Waals surface area contributed by atoms with Crippen molar-refractivity contribution in [2.45, 2.75) is 6.92 Å². The predicted octanol–water partition coefficient (Wildman–Crippen LogP) is 3.80. The number of nitrogens with zero attached hydrogens (tertiary/aromatic N) is 2. The maximum Gasteiger partial charge on any atom is 0.223 e. The average molecular weight is 268 g/mol. The number of hydrogen-bond donors (Lipinski definition) is 1. The normalized spacial score (nSPS) is 10.4. The van der Waals surface area contributed by atoms with Crippen molar-refractivity contribution >= 4 is 29.2 Å². The van der Waals surface area contributed by atoms with Crippen molar-refractivity contribution in [3.8, 4) is 11.3 Å². The fourth-order valence-corrected chi connectivity index (χ4v) is 2.06. The Balaban J connectivity index is 2.55. The Morgan fingerprint density at radius 2 is 1.65 bits per heavy atom. The Kier molecular flexibility index (Phi) is 3.50. The summed E-state index contributed by atoms with van der Waals surface area (Å²) < 4.78 is 0. The van der Waals surface area contributed by atoms with E-state index in [-0.39, 0.29) is 0 Å². The van der Waals surface area contributed by atoms with E-state index in [1.165, 1.54) is 0 Å². The zero-order chi connectivity index (χ0) is 12.4. The van der Waals surface area contributed by atoms with Crippen LogP contribution in [-0.2, 0) is 0 Å². The first kappa shape index (κ1) is 12.1. The monoisotopic (exact) mass is 267 g/mol. The topological polar surface area (TPSA) is 37.8 Å². The first-order valence-electron chi connectivity index (χ1n) is 5.08. The van der Waals surface area contributed by atoms with E-state index in [0.717, 1.165) is 17.0 Å². The van der Waals surface area contributed by atoms with Crippen molar-refractivity contribution in [2.24, 2.45) is 0 Å². The molecule has 2 rings (SSSR count). The Morgan fingerprint density at radius 3 is 2.24 bits per heavy atom. The summed E-state index contributed by atoms with van der Waals surface area (Å²) in [4.78, 5) is 8.60.